The van der Waals surface area contributed by atoms with E-state index < -0.39 is 0 Å². The molecule has 0 radical (unpaired) electrons. The molecule has 152 valence electrons. The average Bonchev–Trinajstić information content (AvgIpc) is 3.22. The molecule has 0 fully saturated rings. The molecule has 1 N–H and O–H groups in total. The third-order valence-electron chi connectivity index (χ3n) is 4.96. The summed E-state index contributed by atoms with van der Waals surface area (Å²) in [5.74, 6) is 0.717. The van der Waals surface area contributed by atoms with Crippen LogP contribution in [0.4, 0.5) is 0 Å². The number of benzene rings is 2. The molecule has 1 aliphatic rings. The van der Waals surface area contributed by atoms with Crippen molar-refractivity contribution in [2.24, 2.45) is 0 Å². The lowest BCUT2D eigenvalue weighted by molar-refractivity contribution is -0.142. The summed E-state index contributed by atoms with van der Waals surface area (Å²) in [6.45, 7) is 2.05. The van der Waals surface area contributed by atoms with Crippen LogP contribution in [0.25, 0.3) is 22.5 Å². The van der Waals surface area contributed by atoms with E-state index in [1.165, 1.54) is 6.92 Å². The van der Waals surface area contributed by atoms with Crippen LogP contribution in [0.5, 0.6) is 0 Å². The zero-order valence-electron chi connectivity index (χ0n) is 16.7. The molecule has 1 heterocycles. The molecule has 2 aromatic carbocycles. The van der Waals surface area contributed by atoms with E-state index in [0.29, 0.717) is 24.5 Å². The molecular weight excluding hydrogens is 380 g/mol. The molecule has 0 atom stereocenters. The van der Waals surface area contributed by atoms with Crippen molar-refractivity contribution < 1.29 is 14.6 Å². The Morgan fingerprint density at radius 2 is 1.90 bits per heavy atom. The highest BCUT2D eigenvalue weighted by atomic mass is 16.5. The second-order valence-corrected chi connectivity index (χ2v) is 7.10. The maximum absolute atomic E-state index is 11.0. The monoisotopic (exact) mass is 402 g/mol. The van der Waals surface area contributed by atoms with Gasteiger partial charge in [-0.3, -0.25) is 4.79 Å². The van der Waals surface area contributed by atoms with E-state index in [1.807, 2.05) is 60.7 Å². The van der Waals surface area contributed by atoms with Gasteiger partial charge in [0.1, 0.15) is 6.61 Å². The summed E-state index contributed by atoms with van der Waals surface area (Å²) >= 11 is 0. The van der Waals surface area contributed by atoms with Gasteiger partial charge in [-0.05, 0) is 33.5 Å². The van der Waals surface area contributed by atoms with Crippen molar-refractivity contribution in [3.63, 3.8) is 0 Å². The summed E-state index contributed by atoms with van der Waals surface area (Å²) in [5.41, 5.74) is 4.64. The van der Waals surface area contributed by atoms with Crippen LogP contribution < -0.4 is 0 Å². The van der Waals surface area contributed by atoms with Crippen LogP contribution in [0.3, 0.4) is 0 Å². The van der Waals surface area contributed by atoms with Crippen LogP contribution in [0.15, 0.2) is 72.0 Å². The normalized spacial score (nSPS) is 13.5. The van der Waals surface area contributed by atoms with E-state index in [1.54, 1.807) is 4.68 Å². The van der Waals surface area contributed by atoms with Gasteiger partial charge in [0, 0.05) is 24.5 Å². The molecule has 1 aliphatic carbocycles. The molecule has 30 heavy (non-hydrogen) atoms. The molecule has 0 amide bonds. The van der Waals surface area contributed by atoms with Gasteiger partial charge in [0.2, 0.25) is 0 Å². The Morgan fingerprint density at radius 1 is 1.13 bits per heavy atom. The minimum atomic E-state index is -0.301. The third-order valence-corrected chi connectivity index (χ3v) is 4.96. The topological polar surface area (TPSA) is 90.1 Å². The van der Waals surface area contributed by atoms with Crippen LogP contribution in [-0.4, -0.2) is 31.3 Å². The Hall–Kier alpha value is -3.74. The fourth-order valence-electron chi connectivity index (χ4n) is 3.41. The number of nitrogens with zero attached hydrogens (tertiary/aromatic N) is 4. The van der Waals surface area contributed by atoms with Crippen molar-refractivity contribution in [3.8, 4) is 22.5 Å². The fraction of sp³-hybridized carbons (Fsp3) is 0.217. The number of tetrazole rings is 1. The lowest BCUT2D eigenvalue weighted by atomic mass is 9.98. The molecule has 3 aromatic rings. The Morgan fingerprint density at radius 3 is 2.63 bits per heavy atom. The highest BCUT2D eigenvalue weighted by Crippen LogP contribution is 2.31. The van der Waals surface area contributed by atoms with E-state index in [2.05, 4.69) is 15.5 Å². The minimum Gasteiger partial charge on any atom is -0.512 e. The maximum atomic E-state index is 11.0. The lowest BCUT2D eigenvalue weighted by Gasteiger charge is -2.13. The summed E-state index contributed by atoms with van der Waals surface area (Å²) in [5, 5.41) is 22.4. The number of aromatic nitrogens is 4. The Bertz CT molecular complexity index is 1110. The highest BCUT2D eigenvalue weighted by molar-refractivity contribution is 5.80. The highest BCUT2D eigenvalue weighted by Gasteiger charge is 2.16. The van der Waals surface area contributed by atoms with Crippen LogP contribution in [-0.2, 0) is 22.7 Å². The van der Waals surface area contributed by atoms with E-state index in [9.17, 15) is 9.90 Å². The van der Waals surface area contributed by atoms with Crippen LogP contribution in [0.2, 0.25) is 0 Å². The predicted octanol–water partition coefficient (Wildman–Crippen LogP) is 4.23. The second kappa shape index (κ2) is 8.73. The fourth-order valence-corrected chi connectivity index (χ4v) is 3.41. The Balaban J connectivity index is 1.64. The molecule has 4 rings (SSSR count). The van der Waals surface area contributed by atoms with Gasteiger partial charge in [0.25, 0.3) is 0 Å². The molecule has 1 aromatic heterocycles. The number of esters is 1. The number of hydrogen-bond acceptors (Lipinski definition) is 6. The number of ether oxygens (including phenoxy) is 1. The summed E-state index contributed by atoms with van der Waals surface area (Å²) in [6, 6.07) is 15.8. The van der Waals surface area contributed by atoms with Crippen molar-refractivity contribution in [2.75, 3.05) is 0 Å². The van der Waals surface area contributed by atoms with Crippen molar-refractivity contribution in [2.45, 2.75) is 32.9 Å². The molecular formula is C23H22N4O3. The van der Waals surface area contributed by atoms with Gasteiger partial charge in [0.05, 0.1) is 12.3 Å². The second-order valence-electron chi connectivity index (χ2n) is 7.10. The molecule has 0 aliphatic heterocycles. The Kier molecular flexibility index (Phi) is 5.70. The standard InChI is InChI=1S/C23H22N4O3/c1-16(28)30-15-17-10-12-18(13-11-17)20-7-3-4-8-21(20)23-24-25-26-27(23)14-19-6-2-5-9-22(19)29/h2-4,6-8,10-13,29H,5,9,14-15H2,1H3. The van der Waals surface area contributed by atoms with Crippen molar-refractivity contribution in [1.29, 1.82) is 0 Å². The van der Waals surface area contributed by atoms with Gasteiger partial charge in [0.15, 0.2) is 5.82 Å². The molecule has 0 bridgehead atoms. The summed E-state index contributed by atoms with van der Waals surface area (Å²) < 4.78 is 6.76. The molecule has 0 unspecified atom stereocenters. The Labute approximate surface area is 174 Å². The van der Waals surface area contributed by atoms with E-state index in [4.69, 9.17) is 4.74 Å². The van der Waals surface area contributed by atoms with Gasteiger partial charge >= 0.3 is 5.97 Å². The number of aliphatic hydroxyl groups excluding tert-OH is 1. The smallest absolute Gasteiger partial charge is 0.302 e. The molecule has 0 spiro atoms. The van der Waals surface area contributed by atoms with Crippen LogP contribution >= 0.6 is 0 Å². The quantitative estimate of drug-likeness (QED) is 0.621. The van der Waals surface area contributed by atoms with Crippen LogP contribution in [0, 0.1) is 0 Å². The minimum absolute atomic E-state index is 0.252. The first kappa shape index (κ1) is 19.6. The first-order valence-corrected chi connectivity index (χ1v) is 9.77. The third kappa shape index (κ3) is 4.30. The largest absolute Gasteiger partial charge is 0.512 e. The summed E-state index contributed by atoms with van der Waals surface area (Å²) in [7, 11) is 0. The van der Waals surface area contributed by atoms with Gasteiger partial charge in [-0.25, -0.2) is 4.68 Å². The number of carbonyl (C=O) groups excluding carboxylic acids is 1. The average molecular weight is 402 g/mol. The van der Waals surface area contributed by atoms with Gasteiger partial charge in [-0.15, -0.1) is 5.10 Å². The first-order valence-electron chi connectivity index (χ1n) is 9.77. The number of carbonyl (C=O) groups is 1. The SMILES string of the molecule is CC(=O)OCc1ccc(-c2ccccc2-c2nnnn2CC2=C(O)CCC=C2)cc1. The molecule has 0 saturated carbocycles. The number of hydrogen-bond donors (Lipinski definition) is 1. The van der Waals surface area contributed by atoms with Gasteiger partial charge in [-0.2, -0.15) is 0 Å². The number of aliphatic hydroxyl groups is 1. The number of allylic oxidation sites excluding steroid dienone is 4. The van der Waals surface area contributed by atoms with Crippen LogP contribution in [0.1, 0.15) is 25.3 Å². The summed E-state index contributed by atoms with van der Waals surface area (Å²) in [6.07, 6.45) is 5.45. The molecule has 7 nitrogen and oxygen atoms in total. The molecule has 7 heteroatoms. The predicted molar refractivity (Wildman–Crippen MR) is 112 cm³/mol. The van der Waals surface area contributed by atoms with Crippen molar-refractivity contribution in [1.82, 2.24) is 20.2 Å². The zero-order valence-corrected chi connectivity index (χ0v) is 16.7. The zero-order chi connectivity index (χ0) is 20.9. The lowest BCUT2D eigenvalue weighted by Crippen LogP contribution is -2.08. The van der Waals surface area contributed by atoms with E-state index in [0.717, 1.165) is 34.2 Å². The first-order chi connectivity index (χ1) is 14.6. The van der Waals surface area contributed by atoms with Gasteiger partial charge in [-0.1, -0.05) is 60.7 Å². The van der Waals surface area contributed by atoms with E-state index in [-0.39, 0.29) is 12.6 Å². The van der Waals surface area contributed by atoms with Crippen molar-refractivity contribution in [3.05, 3.63) is 77.6 Å². The summed E-state index contributed by atoms with van der Waals surface area (Å²) in [4.78, 5) is 11.0. The van der Waals surface area contributed by atoms with E-state index >= 15 is 0 Å². The molecule has 0 saturated heterocycles. The maximum Gasteiger partial charge on any atom is 0.302 e. The van der Waals surface area contributed by atoms with Gasteiger partial charge < -0.3 is 9.84 Å². The number of rotatable bonds is 6. The van der Waals surface area contributed by atoms with Crippen molar-refractivity contribution >= 4 is 5.97 Å².